The van der Waals surface area contributed by atoms with Crippen LogP contribution in [0.15, 0.2) is 24.4 Å². The molecular weight excluding hydrogens is 366 g/mol. The first kappa shape index (κ1) is 19.2. The van der Waals surface area contributed by atoms with Crippen LogP contribution in [-0.4, -0.2) is 29.0 Å². The van der Waals surface area contributed by atoms with E-state index in [2.05, 4.69) is 27.1 Å². The molecule has 3 atom stereocenters. The zero-order chi connectivity index (χ0) is 20.7. The molecule has 7 nitrogen and oxygen atoms in total. The van der Waals surface area contributed by atoms with Gasteiger partial charge in [0.2, 0.25) is 11.9 Å². The van der Waals surface area contributed by atoms with Crippen molar-refractivity contribution in [1.29, 1.82) is 0 Å². The standard InChI is InChI=1S/C22H25N5O2/c1-12-20(26-22-24-11-19(29-5)13(2)25-22)17-10-16(23-4)8-9-18(17)27(14(3)28)21(12)15-6-7-15/h8-12,15,20-21H,6-7H2,1-3,5H3,(H,24,25,26)/t12-,20-,21-/m1/s1. The third-order valence-corrected chi connectivity index (χ3v) is 5.98. The summed E-state index contributed by atoms with van der Waals surface area (Å²) in [6, 6.07) is 5.59. The van der Waals surface area contributed by atoms with E-state index < -0.39 is 0 Å². The second kappa shape index (κ2) is 7.36. The van der Waals surface area contributed by atoms with Crippen LogP contribution in [0.5, 0.6) is 5.75 Å². The molecule has 0 saturated heterocycles. The minimum atomic E-state index is -0.0966. The lowest BCUT2D eigenvalue weighted by molar-refractivity contribution is -0.117. The number of methoxy groups -OCH3 is 1. The molecule has 0 unspecified atom stereocenters. The molecule has 29 heavy (non-hydrogen) atoms. The number of anilines is 2. The lowest BCUT2D eigenvalue weighted by atomic mass is 9.80. The van der Waals surface area contributed by atoms with Crippen LogP contribution >= 0.6 is 0 Å². The zero-order valence-electron chi connectivity index (χ0n) is 17.1. The second-order valence-corrected chi connectivity index (χ2v) is 7.90. The fourth-order valence-corrected chi connectivity index (χ4v) is 4.49. The van der Waals surface area contributed by atoms with E-state index in [0.29, 0.717) is 23.3 Å². The molecule has 1 amide bonds. The van der Waals surface area contributed by atoms with Crippen LogP contribution in [0, 0.1) is 25.3 Å². The average molecular weight is 391 g/mol. The normalized spacial score (nSPS) is 23.1. The van der Waals surface area contributed by atoms with Gasteiger partial charge in [-0.25, -0.2) is 14.8 Å². The van der Waals surface area contributed by atoms with E-state index in [0.717, 1.165) is 29.8 Å². The van der Waals surface area contributed by atoms with Gasteiger partial charge in [-0.05, 0) is 43.4 Å². The van der Waals surface area contributed by atoms with E-state index in [9.17, 15) is 4.79 Å². The van der Waals surface area contributed by atoms with E-state index in [1.165, 1.54) is 0 Å². The van der Waals surface area contributed by atoms with Gasteiger partial charge in [-0.3, -0.25) is 4.79 Å². The molecule has 2 heterocycles. The number of hydrogen-bond acceptors (Lipinski definition) is 5. The van der Waals surface area contributed by atoms with E-state index in [-0.39, 0.29) is 23.9 Å². The molecule has 1 fully saturated rings. The molecule has 1 saturated carbocycles. The Labute approximate surface area is 170 Å². The summed E-state index contributed by atoms with van der Waals surface area (Å²) in [4.78, 5) is 27.1. The van der Waals surface area contributed by atoms with Crippen molar-refractivity contribution < 1.29 is 9.53 Å². The SMILES string of the molecule is [C-]#[N+]c1ccc2c(c1)[C@H](Nc1ncc(OC)c(C)n1)[C@@H](C)[C@H](C1CC1)N2C(C)=O. The number of rotatable bonds is 4. The van der Waals surface area contributed by atoms with Crippen molar-refractivity contribution in [3.05, 3.63) is 47.1 Å². The summed E-state index contributed by atoms with van der Waals surface area (Å²) in [5.74, 6) is 1.85. The molecular formula is C22H25N5O2. The zero-order valence-corrected chi connectivity index (χ0v) is 17.1. The number of benzene rings is 1. The molecule has 1 aliphatic heterocycles. The van der Waals surface area contributed by atoms with Crippen molar-refractivity contribution in [3.63, 3.8) is 0 Å². The Bertz CT molecular complexity index is 995. The van der Waals surface area contributed by atoms with Crippen LogP contribution < -0.4 is 15.0 Å². The lowest BCUT2D eigenvalue weighted by Gasteiger charge is -2.45. The smallest absolute Gasteiger partial charge is 0.224 e. The Balaban J connectivity index is 1.79. The number of aromatic nitrogens is 2. The number of carbonyl (C=O) groups excluding carboxylic acids is 1. The predicted octanol–water partition coefficient (Wildman–Crippen LogP) is 4.28. The van der Waals surface area contributed by atoms with Crippen molar-refractivity contribution in [1.82, 2.24) is 9.97 Å². The van der Waals surface area contributed by atoms with Gasteiger partial charge in [0.15, 0.2) is 11.4 Å². The molecule has 1 aromatic carbocycles. The van der Waals surface area contributed by atoms with Crippen molar-refractivity contribution >= 4 is 23.2 Å². The van der Waals surface area contributed by atoms with Gasteiger partial charge in [0.1, 0.15) is 0 Å². The fraction of sp³-hybridized carbons (Fsp3) is 0.455. The maximum absolute atomic E-state index is 12.6. The van der Waals surface area contributed by atoms with Gasteiger partial charge < -0.3 is 15.0 Å². The number of nitrogens with one attached hydrogen (secondary N) is 1. The van der Waals surface area contributed by atoms with Crippen LogP contribution in [0.25, 0.3) is 4.85 Å². The largest absolute Gasteiger partial charge is 0.493 e. The summed E-state index contributed by atoms with van der Waals surface area (Å²) in [6.07, 6.45) is 3.94. The number of hydrogen-bond donors (Lipinski definition) is 1. The van der Waals surface area contributed by atoms with Crippen LogP contribution in [0.3, 0.4) is 0 Å². The highest BCUT2D eigenvalue weighted by atomic mass is 16.5. The molecule has 1 aromatic heterocycles. The van der Waals surface area contributed by atoms with Gasteiger partial charge in [0, 0.05) is 24.6 Å². The van der Waals surface area contributed by atoms with Gasteiger partial charge in [-0.2, -0.15) is 0 Å². The monoisotopic (exact) mass is 391 g/mol. The first-order valence-corrected chi connectivity index (χ1v) is 9.90. The Hall–Kier alpha value is -3.14. The van der Waals surface area contributed by atoms with Crippen LogP contribution in [0.4, 0.5) is 17.3 Å². The first-order valence-electron chi connectivity index (χ1n) is 9.90. The number of ether oxygens (including phenoxy) is 1. The summed E-state index contributed by atoms with van der Waals surface area (Å²) < 4.78 is 5.26. The minimum Gasteiger partial charge on any atom is -0.493 e. The van der Waals surface area contributed by atoms with Gasteiger partial charge in [0.05, 0.1) is 31.6 Å². The molecule has 150 valence electrons. The molecule has 0 spiro atoms. The first-order chi connectivity index (χ1) is 13.9. The highest BCUT2D eigenvalue weighted by molar-refractivity contribution is 5.94. The fourth-order valence-electron chi connectivity index (χ4n) is 4.49. The summed E-state index contributed by atoms with van der Waals surface area (Å²) in [6.45, 7) is 13.1. The highest BCUT2D eigenvalue weighted by Crippen LogP contribution is 2.50. The molecule has 0 radical (unpaired) electrons. The maximum Gasteiger partial charge on any atom is 0.224 e. The maximum atomic E-state index is 12.6. The Kier molecular flexibility index (Phi) is 4.87. The summed E-state index contributed by atoms with van der Waals surface area (Å²) in [5.41, 5.74) is 3.13. The van der Waals surface area contributed by atoms with E-state index >= 15 is 0 Å². The topological polar surface area (TPSA) is 71.7 Å². The number of carbonyl (C=O) groups is 1. The lowest BCUT2D eigenvalue weighted by Crippen LogP contribution is -2.51. The highest BCUT2D eigenvalue weighted by Gasteiger charge is 2.47. The quantitative estimate of drug-likeness (QED) is 0.788. The van der Waals surface area contributed by atoms with E-state index in [4.69, 9.17) is 11.3 Å². The number of amides is 1. The van der Waals surface area contributed by atoms with Crippen LogP contribution in [-0.2, 0) is 4.79 Å². The number of nitrogens with zero attached hydrogens (tertiary/aromatic N) is 4. The minimum absolute atomic E-state index is 0.0422. The molecule has 2 aliphatic rings. The molecule has 4 rings (SSSR count). The summed E-state index contributed by atoms with van der Waals surface area (Å²) >= 11 is 0. The van der Waals surface area contributed by atoms with Gasteiger partial charge in [0.25, 0.3) is 0 Å². The third kappa shape index (κ3) is 3.39. The molecule has 0 bridgehead atoms. The van der Waals surface area contributed by atoms with Crippen molar-refractivity contribution in [2.75, 3.05) is 17.3 Å². The van der Waals surface area contributed by atoms with Gasteiger partial charge in [-0.1, -0.05) is 13.0 Å². The molecule has 7 heteroatoms. The van der Waals surface area contributed by atoms with Crippen molar-refractivity contribution in [3.8, 4) is 5.75 Å². The van der Waals surface area contributed by atoms with Crippen molar-refractivity contribution in [2.24, 2.45) is 11.8 Å². The third-order valence-electron chi connectivity index (χ3n) is 5.98. The Morgan fingerprint density at radius 1 is 1.38 bits per heavy atom. The van der Waals surface area contributed by atoms with Crippen LogP contribution in [0.2, 0.25) is 0 Å². The predicted molar refractivity (Wildman–Crippen MR) is 111 cm³/mol. The average Bonchev–Trinajstić information content (AvgIpc) is 3.54. The summed E-state index contributed by atoms with van der Waals surface area (Å²) in [5, 5.41) is 3.48. The molecule has 1 N–H and O–H groups in total. The van der Waals surface area contributed by atoms with Gasteiger partial charge in [-0.15, -0.1) is 0 Å². The van der Waals surface area contributed by atoms with E-state index in [1.807, 2.05) is 24.0 Å². The van der Waals surface area contributed by atoms with Gasteiger partial charge >= 0.3 is 0 Å². The summed E-state index contributed by atoms with van der Waals surface area (Å²) in [7, 11) is 1.60. The second-order valence-electron chi connectivity index (χ2n) is 7.90. The number of fused-ring (bicyclic) bond motifs is 1. The molecule has 2 aromatic rings. The Morgan fingerprint density at radius 2 is 2.14 bits per heavy atom. The van der Waals surface area contributed by atoms with E-state index in [1.54, 1.807) is 26.3 Å². The molecule has 1 aliphatic carbocycles. The van der Waals surface area contributed by atoms with Crippen LogP contribution in [0.1, 0.15) is 44.0 Å². The van der Waals surface area contributed by atoms with Crippen molar-refractivity contribution in [2.45, 2.75) is 45.7 Å². The number of aryl methyl sites for hydroxylation is 1. The Morgan fingerprint density at radius 3 is 2.72 bits per heavy atom.